The monoisotopic (exact) mass is 390 g/mol. The highest BCUT2D eigenvalue weighted by atomic mass is 16.3. The normalized spacial score (nSPS) is 54.4. The molecule has 4 rings (SSSR count). The summed E-state index contributed by atoms with van der Waals surface area (Å²) in [4.78, 5) is 0. The van der Waals surface area contributed by atoms with E-state index in [0.29, 0.717) is 35.5 Å². The van der Waals surface area contributed by atoms with Crippen LogP contribution in [0.25, 0.3) is 0 Å². The molecule has 3 nitrogen and oxygen atoms in total. The van der Waals surface area contributed by atoms with Crippen LogP contribution in [-0.2, 0) is 0 Å². The fourth-order valence-corrected chi connectivity index (χ4v) is 8.71. The van der Waals surface area contributed by atoms with Crippen LogP contribution in [0.2, 0.25) is 0 Å². The van der Waals surface area contributed by atoms with E-state index in [2.05, 4.69) is 27.4 Å². The van der Waals surface area contributed by atoms with Crippen LogP contribution >= 0.6 is 0 Å². The van der Waals surface area contributed by atoms with E-state index in [1.165, 1.54) is 6.42 Å². The maximum absolute atomic E-state index is 11.5. The van der Waals surface area contributed by atoms with Crippen LogP contribution in [0.15, 0.2) is 12.7 Å². The molecule has 4 saturated carbocycles. The molecule has 0 heterocycles. The van der Waals surface area contributed by atoms with Crippen molar-refractivity contribution < 1.29 is 15.3 Å². The first-order valence-corrected chi connectivity index (χ1v) is 11.9. The zero-order valence-electron chi connectivity index (χ0n) is 18.2. The third-order valence-corrected chi connectivity index (χ3v) is 10.3. The smallest absolute Gasteiger partial charge is 0.0602 e. The number of hydrogen-bond donors (Lipinski definition) is 3. The summed E-state index contributed by atoms with van der Waals surface area (Å²) in [5.41, 5.74) is 0.0953. The first kappa shape index (κ1) is 20.9. The van der Waals surface area contributed by atoms with Gasteiger partial charge in [-0.15, -0.1) is 6.58 Å². The number of rotatable bonds is 4. The average Bonchev–Trinajstić information content (AvgIpc) is 3.01. The number of fused-ring (bicyclic) bond motifs is 5. The van der Waals surface area contributed by atoms with E-state index in [4.69, 9.17) is 0 Å². The minimum atomic E-state index is -0.271. The van der Waals surface area contributed by atoms with Crippen molar-refractivity contribution in [3.63, 3.8) is 0 Å². The van der Waals surface area contributed by atoms with Crippen LogP contribution < -0.4 is 0 Å². The van der Waals surface area contributed by atoms with E-state index < -0.39 is 0 Å². The third kappa shape index (κ3) is 2.94. The second kappa shape index (κ2) is 7.39. The molecule has 4 aliphatic rings. The van der Waals surface area contributed by atoms with Gasteiger partial charge in [-0.2, -0.15) is 0 Å². The second-order valence-corrected chi connectivity index (χ2v) is 11.4. The highest BCUT2D eigenvalue weighted by molar-refractivity contribution is 5.14. The van der Waals surface area contributed by atoms with Gasteiger partial charge in [0, 0.05) is 0 Å². The summed E-state index contributed by atoms with van der Waals surface area (Å²) in [7, 11) is 0. The van der Waals surface area contributed by atoms with Crippen molar-refractivity contribution >= 4 is 0 Å². The zero-order chi connectivity index (χ0) is 20.3. The van der Waals surface area contributed by atoms with Crippen molar-refractivity contribution in [2.24, 2.45) is 46.3 Å². The van der Waals surface area contributed by atoms with E-state index >= 15 is 0 Å². The predicted octanol–water partition coefficient (Wildman–Crippen LogP) is 4.55. The van der Waals surface area contributed by atoms with Gasteiger partial charge in [-0.1, -0.05) is 26.8 Å². The van der Waals surface area contributed by atoms with Crippen LogP contribution in [0.5, 0.6) is 0 Å². The first-order chi connectivity index (χ1) is 13.2. The van der Waals surface area contributed by atoms with Gasteiger partial charge in [-0.05, 0) is 104 Å². The van der Waals surface area contributed by atoms with Gasteiger partial charge in [0.1, 0.15) is 0 Å². The molecule has 2 unspecified atom stereocenters. The van der Waals surface area contributed by atoms with Crippen LogP contribution in [0.4, 0.5) is 0 Å². The Hall–Kier alpha value is -0.380. The standard InChI is InChI=1S/C25H42O3/c1-5-6-7-15(2)18-8-9-19-23-20(14-22(28)25(18,19)4)24(3)11-10-17(26)12-16(24)13-21(23)27/h5,15-23,26-28H,1,6-14H2,2-4H3/t15-,16+,17-,18-,19+,20?,21-,22+,23?,24+,25-/m1/s1. The molecule has 0 aromatic rings. The molecule has 160 valence electrons. The van der Waals surface area contributed by atoms with Crippen LogP contribution in [0.1, 0.15) is 78.6 Å². The van der Waals surface area contributed by atoms with E-state index in [1.807, 2.05) is 6.08 Å². The molecular formula is C25H42O3. The van der Waals surface area contributed by atoms with Gasteiger partial charge >= 0.3 is 0 Å². The first-order valence-electron chi connectivity index (χ1n) is 11.9. The van der Waals surface area contributed by atoms with Gasteiger partial charge in [0.2, 0.25) is 0 Å². The van der Waals surface area contributed by atoms with Gasteiger partial charge in [-0.25, -0.2) is 0 Å². The Morgan fingerprint density at radius 1 is 1.04 bits per heavy atom. The summed E-state index contributed by atoms with van der Waals surface area (Å²) in [5.74, 6) is 2.67. The summed E-state index contributed by atoms with van der Waals surface area (Å²) >= 11 is 0. The van der Waals surface area contributed by atoms with Gasteiger partial charge in [0.25, 0.3) is 0 Å². The maximum Gasteiger partial charge on any atom is 0.0602 e. The van der Waals surface area contributed by atoms with Crippen LogP contribution in [0.3, 0.4) is 0 Å². The van der Waals surface area contributed by atoms with Crippen molar-refractivity contribution in [3.8, 4) is 0 Å². The highest BCUT2D eigenvalue weighted by Gasteiger charge is 2.65. The van der Waals surface area contributed by atoms with Crippen molar-refractivity contribution in [3.05, 3.63) is 12.7 Å². The van der Waals surface area contributed by atoms with E-state index in [9.17, 15) is 15.3 Å². The second-order valence-electron chi connectivity index (χ2n) is 11.4. The summed E-state index contributed by atoms with van der Waals surface area (Å²) in [6.45, 7) is 11.0. The number of hydrogen-bond acceptors (Lipinski definition) is 3. The number of aliphatic hydroxyl groups is 3. The summed E-state index contributed by atoms with van der Waals surface area (Å²) in [6, 6.07) is 0. The zero-order valence-corrected chi connectivity index (χ0v) is 18.2. The lowest BCUT2D eigenvalue weighted by atomic mass is 9.43. The van der Waals surface area contributed by atoms with Crippen LogP contribution in [-0.4, -0.2) is 33.6 Å². The molecule has 0 bridgehead atoms. The van der Waals surface area contributed by atoms with Crippen molar-refractivity contribution in [2.45, 2.75) is 96.9 Å². The van der Waals surface area contributed by atoms with Gasteiger partial charge in [0.15, 0.2) is 0 Å². The Kier molecular flexibility index (Phi) is 5.51. The Morgan fingerprint density at radius 2 is 1.79 bits per heavy atom. The summed E-state index contributed by atoms with van der Waals surface area (Å²) < 4.78 is 0. The molecule has 0 aromatic heterocycles. The molecule has 0 aliphatic heterocycles. The maximum atomic E-state index is 11.5. The lowest BCUT2D eigenvalue weighted by Gasteiger charge is -2.63. The number of aliphatic hydroxyl groups excluding tert-OH is 3. The molecule has 0 aromatic carbocycles. The topological polar surface area (TPSA) is 60.7 Å². The molecule has 0 spiro atoms. The molecule has 11 atom stereocenters. The molecule has 0 saturated heterocycles. The summed E-state index contributed by atoms with van der Waals surface area (Å²) in [5, 5.41) is 33.0. The highest BCUT2D eigenvalue weighted by Crippen LogP contribution is 2.68. The molecule has 0 amide bonds. The van der Waals surface area contributed by atoms with E-state index in [1.54, 1.807) is 0 Å². The minimum Gasteiger partial charge on any atom is -0.393 e. The van der Waals surface area contributed by atoms with Crippen LogP contribution in [0, 0.1) is 46.3 Å². The fourth-order valence-electron chi connectivity index (χ4n) is 8.71. The Balaban J connectivity index is 1.63. The average molecular weight is 391 g/mol. The van der Waals surface area contributed by atoms with Crippen molar-refractivity contribution in [2.75, 3.05) is 0 Å². The Morgan fingerprint density at radius 3 is 2.50 bits per heavy atom. The fraction of sp³-hybridized carbons (Fsp3) is 0.920. The van der Waals surface area contributed by atoms with E-state index in [0.717, 1.165) is 51.4 Å². The SMILES string of the molecule is C=CCC[C@@H](C)[C@H]1CC[C@H]2C3C(C[C@H](O)[C@]12C)[C@@]1(C)CC[C@@H](O)C[C@H]1C[C@H]3O. The van der Waals surface area contributed by atoms with Gasteiger partial charge < -0.3 is 15.3 Å². The molecule has 4 fully saturated rings. The predicted molar refractivity (Wildman–Crippen MR) is 113 cm³/mol. The van der Waals surface area contributed by atoms with E-state index in [-0.39, 0.29) is 29.1 Å². The van der Waals surface area contributed by atoms with Gasteiger partial charge in [-0.3, -0.25) is 0 Å². The Bertz CT molecular complexity index is 590. The summed E-state index contributed by atoms with van der Waals surface area (Å²) in [6.07, 6.45) is 10.2. The third-order valence-electron chi connectivity index (χ3n) is 10.3. The van der Waals surface area contributed by atoms with Crippen molar-refractivity contribution in [1.82, 2.24) is 0 Å². The number of allylic oxidation sites excluding steroid dienone is 1. The molecule has 28 heavy (non-hydrogen) atoms. The van der Waals surface area contributed by atoms with Gasteiger partial charge in [0.05, 0.1) is 18.3 Å². The molecule has 0 radical (unpaired) electrons. The minimum absolute atomic E-state index is 0.0693. The van der Waals surface area contributed by atoms with Crippen molar-refractivity contribution in [1.29, 1.82) is 0 Å². The lowest BCUT2D eigenvalue weighted by Crippen LogP contribution is -2.62. The molecule has 3 N–H and O–H groups in total. The quantitative estimate of drug-likeness (QED) is 0.617. The molecule has 4 aliphatic carbocycles. The molecular weight excluding hydrogens is 348 g/mol. The molecule has 3 heteroatoms. The lowest BCUT2D eigenvalue weighted by molar-refractivity contribution is -0.207. The Labute approximate surface area is 171 Å². The largest absolute Gasteiger partial charge is 0.393 e.